The molecule has 1 aliphatic carbocycles. The first kappa shape index (κ1) is 26.0. The molecule has 2 aromatic carbocycles. The molecule has 3 rings (SSSR count). The lowest BCUT2D eigenvalue weighted by Crippen LogP contribution is -2.52. The van der Waals surface area contributed by atoms with E-state index in [0.29, 0.717) is 10.7 Å². The highest BCUT2D eigenvalue weighted by Crippen LogP contribution is 2.20. The SMILES string of the molecule is CC(C(=O)NC1CCCCC1)N(Cc1ccc(Cl)cc1)C(=O)CN(c1ccccc1)S(C)(=O)=O. The number of halogens is 1. The smallest absolute Gasteiger partial charge is 0.244 e. The van der Waals surface area contributed by atoms with E-state index in [-0.39, 0.29) is 18.5 Å². The normalized spacial score (nSPS) is 15.4. The number of benzene rings is 2. The van der Waals surface area contributed by atoms with Gasteiger partial charge < -0.3 is 10.2 Å². The number of hydrogen-bond acceptors (Lipinski definition) is 4. The van der Waals surface area contributed by atoms with Crippen LogP contribution >= 0.6 is 11.6 Å². The molecule has 0 aliphatic heterocycles. The van der Waals surface area contributed by atoms with Gasteiger partial charge in [-0.05, 0) is 49.6 Å². The Morgan fingerprint density at radius 1 is 1.03 bits per heavy atom. The third-order valence-corrected chi connectivity index (χ3v) is 7.50. The van der Waals surface area contributed by atoms with E-state index in [4.69, 9.17) is 11.6 Å². The van der Waals surface area contributed by atoms with Crippen LogP contribution in [-0.2, 0) is 26.2 Å². The fourth-order valence-electron chi connectivity index (χ4n) is 4.15. The number of carbonyl (C=O) groups is 2. The van der Waals surface area contributed by atoms with Crippen LogP contribution in [0.3, 0.4) is 0 Å². The van der Waals surface area contributed by atoms with Crippen LogP contribution in [0.15, 0.2) is 54.6 Å². The van der Waals surface area contributed by atoms with E-state index in [1.165, 1.54) is 11.3 Å². The van der Waals surface area contributed by atoms with Crippen LogP contribution in [0.2, 0.25) is 5.02 Å². The number of rotatable bonds is 9. The zero-order valence-corrected chi connectivity index (χ0v) is 21.2. The molecule has 0 bridgehead atoms. The number of nitrogens with zero attached hydrogens (tertiary/aromatic N) is 2. The van der Waals surface area contributed by atoms with Gasteiger partial charge in [-0.1, -0.05) is 61.2 Å². The quantitative estimate of drug-likeness (QED) is 0.558. The fourth-order valence-corrected chi connectivity index (χ4v) is 5.12. The summed E-state index contributed by atoms with van der Waals surface area (Å²) in [6.45, 7) is 1.43. The van der Waals surface area contributed by atoms with Gasteiger partial charge in [-0.2, -0.15) is 0 Å². The summed E-state index contributed by atoms with van der Waals surface area (Å²) in [5.74, 6) is -0.699. The van der Waals surface area contributed by atoms with Gasteiger partial charge in [0.2, 0.25) is 21.8 Å². The van der Waals surface area contributed by atoms with Crippen molar-refractivity contribution < 1.29 is 18.0 Å². The van der Waals surface area contributed by atoms with Gasteiger partial charge >= 0.3 is 0 Å². The van der Waals surface area contributed by atoms with Gasteiger partial charge in [-0.25, -0.2) is 8.42 Å². The number of sulfonamides is 1. The maximum Gasteiger partial charge on any atom is 0.244 e. The third kappa shape index (κ3) is 7.21. The molecule has 1 unspecified atom stereocenters. The van der Waals surface area contributed by atoms with Crippen LogP contribution < -0.4 is 9.62 Å². The zero-order valence-electron chi connectivity index (χ0n) is 19.6. The highest BCUT2D eigenvalue weighted by molar-refractivity contribution is 7.92. The van der Waals surface area contributed by atoms with E-state index >= 15 is 0 Å². The first-order chi connectivity index (χ1) is 16.1. The van der Waals surface area contributed by atoms with E-state index in [0.717, 1.165) is 41.8 Å². The molecular formula is C25H32ClN3O4S. The molecule has 1 N–H and O–H groups in total. The molecule has 0 heterocycles. The van der Waals surface area contributed by atoms with Crippen molar-refractivity contribution >= 4 is 39.1 Å². The van der Waals surface area contributed by atoms with Crippen molar-refractivity contribution in [3.05, 3.63) is 65.2 Å². The third-order valence-electron chi connectivity index (χ3n) is 6.11. The van der Waals surface area contributed by atoms with Crippen LogP contribution in [0.25, 0.3) is 0 Å². The van der Waals surface area contributed by atoms with Crippen molar-refractivity contribution in [2.75, 3.05) is 17.1 Å². The number of hydrogen-bond donors (Lipinski definition) is 1. The van der Waals surface area contributed by atoms with Gasteiger partial charge in [0, 0.05) is 17.6 Å². The molecule has 184 valence electrons. The summed E-state index contributed by atoms with van der Waals surface area (Å²) in [5, 5.41) is 3.65. The summed E-state index contributed by atoms with van der Waals surface area (Å²) < 4.78 is 26.1. The Kier molecular flexibility index (Phi) is 8.97. The van der Waals surface area contributed by atoms with Crippen molar-refractivity contribution in [2.45, 2.75) is 57.7 Å². The highest BCUT2D eigenvalue weighted by Gasteiger charge is 2.31. The summed E-state index contributed by atoms with van der Waals surface area (Å²) in [6, 6.07) is 14.8. The first-order valence-electron chi connectivity index (χ1n) is 11.5. The lowest BCUT2D eigenvalue weighted by molar-refractivity contribution is -0.139. The number of amides is 2. The Bertz CT molecular complexity index is 1070. The van der Waals surface area contributed by atoms with E-state index in [1.807, 2.05) is 0 Å². The van der Waals surface area contributed by atoms with Crippen molar-refractivity contribution in [3.8, 4) is 0 Å². The molecule has 0 aromatic heterocycles. The second-order valence-electron chi connectivity index (χ2n) is 8.77. The van der Waals surface area contributed by atoms with Gasteiger partial charge in [0.1, 0.15) is 12.6 Å². The predicted molar refractivity (Wildman–Crippen MR) is 135 cm³/mol. The Morgan fingerprint density at radius 2 is 1.65 bits per heavy atom. The van der Waals surface area contributed by atoms with Gasteiger partial charge in [-0.3, -0.25) is 13.9 Å². The molecule has 2 aromatic rings. The Hall–Kier alpha value is -2.58. The fraction of sp³-hybridized carbons (Fsp3) is 0.440. The summed E-state index contributed by atoms with van der Waals surface area (Å²) in [4.78, 5) is 28.0. The van der Waals surface area contributed by atoms with Crippen molar-refractivity contribution in [1.29, 1.82) is 0 Å². The second-order valence-corrected chi connectivity index (χ2v) is 11.1. The molecule has 0 radical (unpaired) electrons. The molecular weight excluding hydrogens is 474 g/mol. The average molecular weight is 506 g/mol. The largest absolute Gasteiger partial charge is 0.352 e. The molecule has 1 saturated carbocycles. The lowest BCUT2D eigenvalue weighted by atomic mass is 9.95. The number of anilines is 1. The molecule has 1 atom stereocenters. The van der Waals surface area contributed by atoms with Gasteiger partial charge in [0.05, 0.1) is 11.9 Å². The topological polar surface area (TPSA) is 86.8 Å². The van der Waals surface area contributed by atoms with Crippen LogP contribution in [-0.4, -0.2) is 50.0 Å². The summed E-state index contributed by atoms with van der Waals surface area (Å²) >= 11 is 6.00. The summed E-state index contributed by atoms with van der Waals surface area (Å²) in [5.41, 5.74) is 1.18. The van der Waals surface area contributed by atoms with E-state index in [9.17, 15) is 18.0 Å². The van der Waals surface area contributed by atoms with Crippen LogP contribution in [0, 0.1) is 0 Å². The van der Waals surface area contributed by atoms with Crippen molar-refractivity contribution in [1.82, 2.24) is 10.2 Å². The maximum absolute atomic E-state index is 13.5. The monoisotopic (exact) mass is 505 g/mol. The Balaban J connectivity index is 1.84. The Labute approximate surface area is 207 Å². The molecule has 9 heteroatoms. The second kappa shape index (κ2) is 11.7. The standard InChI is InChI=1S/C25H32ClN3O4S/c1-19(25(31)27-22-9-5-3-6-10-22)28(17-20-13-15-21(26)16-14-20)24(30)18-29(34(2,32)33)23-11-7-4-8-12-23/h4,7-8,11-16,19,22H,3,5-6,9-10,17-18H2,1-2H3,(H,27,31). The van der Waals surface area contributed by atoms with Crippen LogP contribution in [0.5, 0.6) is 0 Å². The molecule has 1 aliphatic rings. The summed E-state index contributed by atoms with van der Waals surface area (Å²) in [6.07, 6.45) is 6.25. The minimum absolute atomic E-state index is 0.105. The minimum atomic E-state index is -3.73. The van der Waals surface area contributed by atoms with Gasteiger partial charge in [-0.15, -0.1) is 0 Å². The molecule has 1 fully saturated rings. The highest BCUT2D eigenvalue weighted by atomic mass is 35.5. The molecule has 34 heavy (non-hydrogen) atoms. The van der Waals surface area contributed by atoms with Gasteiger partial charge in [0.15, 0.2) is 0 Å². The first-order valence-corrected chi connectivity index (χ1v) is 13.7. The zero-order chi connectivity index (χ0) is 24.7. The van der Waals surface area contributed by atoms with Gasteiger partial charge in [0.25, 0.3) is 0 Å². The average Bonchev–Trinajstić information content (AvgIpc) is 2.82. The number of nitrogens with one attached hydrogen (secondary N) is 1. The van der Waals surface area contributed by atoms with Crippen LogP contribution in [0.1, 0.15) is 44.6 Å². The number of carbonyl (C=O) groups excluding carboxylic acids is 2. The molecule has 7 nitrogen and oxygen atoms in total. The summed E-state index contributed by atoms with van der Waals surface area (Å²) in [7, 11) is -3.73. The van der Waals surface area contributed by atoms with E-state index in [2.05, 4.69) is 5.32 Å². The maximum atomic E-state index is 13.5. The predicted octanol–water partition coefficient (Wildman–Crippen LogP) is 3.97. The van der Waals surface area contributed by atoms with Crippen molar-refractivity contribution in [3.63, 3.8) is 0 Å². The van der Waals surface area contributed by atoms with E-state index in [1.54, 1.807) is 61.5 Å². The van der Waals surface area contributed by atoms with E-state index < -0.39 is 28.5 Å². The number of para-hydroxylation sites is 1. The molecule has 0 saturated heterocycles. The van der Waals surface area contributed by atoms with Crippen molar-refractivity contribution in [2.24, 2.45) is 0 Å². The molecule has 2 amide bonds. The van der Waals surface area contributed by atoms with Crippen LogP contribution in [0.4, 0.5) is 5.69 Å². The minimum Gasteiger partial charge on any atom is -0.352 e. The molecule has 0 spiro atoms. The lowest BCUT2D eigenvalue weighted by Gasteiger charge is -2.33. The Morgan fingerprint density at radius 3 is 2.24 bits per heavy atom.